The van der Waals surface area contributed by atoms with Crippen molar-refractivity contribution in [1.29, 1.82) is 0 Å². The van der Waals surface area contributed by atoms with Crippen molar-refractivity contribution in [2.75, 3.05) is 0 Å². The minimum atomic E-state index is -0.289. The highest BCUT2D eigenvalue weighted by Gasteiger charge is 2.02. The first kappa shape index (κ1) is 12.8. The first-order chi connectivity index (χ1) is 8.58. The quantitative estimate of drug-likeness (QED) is 0.822. The zero-order valence-electron chi connectivity index (χ0n) is 9.69. The highest BCUT2D eigenvalue weighted by molar-refractivity contribution is 9.10. The highest BCUT2D eigenvalue weighted by Crippen LogP contribution is 2.23. The predicted molar refractivity (Wildman–Crippen MR) is 74.2 cm³/mol. The molecule has 0 aromatic heterocycles. The minimum Gasteiger partial charge on any atom is -0.507 e. The average molecular weight is 308 g/mol. The summed E-state index contributed by atoms with van der Waals surface area (Å²) >= 11 is 3.32. The van der Waals surface area contributed by atoms with Gasteiger partial charge in [-0.25, -0.2) is 4.39 Å². The van der Waals surface area contributed by atoms with Gasteiger partial charge in [0.15, 0.2) is 0 Å². The molecule has 2 rings (SSSR count). The second-order valence-corrected chi connectivity index (χ2v) is 4.76. The van der Waals surface area contributed by atoms with Crippen LogP contribution in [0.4, 0.5) is 10.1 Å². The Kier molecular flexibility index (Phi) is 3.77. The first-order valence-corrected chi connectivity index (χ1v) is 6.15. The van der Waals surface area contributed by atoms with Crippen LogP contribution in [0.25, 0.3) is 0 Å². The van der Waals surface area contributed by atoms with Crippen LogP contribution < -0.4 is 0 Å². The number of nitrogens with zero attached hydrogens (tertiary/aromatic N) is 1. The molecule has 0 saturated heterocycles. The van der Waals surface area contributed by atoms with E-state index >= 15 is 0 Å². The topological polar surface area (TPSA) is 32.6 Å². The second-order valence-electron chi connectivity index (χ2n) is 3.85. The van der Waals surface area contributed by atoms with Crippen molar-refractivity contribution in [3.8, 4) is 5.75 Å². The van der Waals surface area contributed by atoms with Gasteiger partial charge in [-0.2, -0.15) is 0 Å². The first-order valence-electron chi connectivity index (χ1n) is 5.35. The maximum atomic E-state index is 13.3. The summed E-state index contributed by atoms with van der Waals surface area (Å²) in [6.45, 7) is 1.67. The third-order valence-corrected chi connectivity index (χ3v) is 3.06. The minimum absolute atomic E-state index is 0.135. The van der Waals surface area contributed by atoms with Crippen LogP contribution in [0.15, 0.2) is 45.9 Å². The van der Waals surface area contributed by atoms with Crippen LogP contribution in [0, 0.1) is 12.7 Å². The molecule has 2 aromatic carbocycles. The Bertz CT molecular complexity index is 607. The summed E-state index contributed by atoms with van der Waals surface area (Å²) in [7, 11) is 0. The van der Waals surface area contributed by atoms with E-state index in [0.29, 0.717) is 16.8 Å². The molecular formula is C14H11BrFNO. The average Bonchev–Trinajstić information content (AvgIpc) is 2.35. The van der Waals surface area contributed by atoms with E-state index in [0.717, 1.165) is 4.47 Å². The molecule has 0 aliphatic heterocycles. The number of phenols is 1. The highest BCUT2D eigenvalue weighted by atomic mass is 79.9. The van der Waals surface area contributed by atoms with Gasteiger partial charge in [-0.3, -0.25) is 4.99 Å². The van der Waals surface area contributed by atoms with Gasteiger partial charge in [0.25, 0.3) is 0 Å². The number of rotatable bonds is 2. The lowest BCUT2D eigenvalue weighted by Gasteiger charge is -2.02. The van der Waals surface area contributed by atoms with Crippen molar-refractivity contribution in [2.45, 2.75) is 6.92 Å². The van der Waals surface area contributed by atoms with E-state index in [1.807, 2.05) is 0 Å². The lowest BCUT2D eigenvalue weighted by molar-refractivity contribution is 0.474. The number of aliphatic imine (C=N–C) groups is 1. The van der Waals surface area contributed by atoms with Gasteiger partial charge < -0.3 is 5.11 Å². The summed E-state index contributed by atoms with van der Waals surface area (Å²) in [5.41, 5.74) is 1.62. The summed E-state index contributed by atoms with van der Waals surface area (Å²) in [6, 6.07) is 9.78. The molecule has 1 N–H and O–H groups in total. The van der Waals surface area contributed by atoms with Crippen LogP contribution in [0.2, 0.25) is 0 Å². The fourth-order valence-electron chi connectivity index (χ4n) is 1.50. The molecular weight excluding hydrogens is 297 g/mol. The van der Waals surface area contributed by atoms with Gasteiger partial charge in [-0.1, -0.05) is 22.0 Å². The van der Waals surface area contributed by atoms with Gasteiger partial charge in [0.2, 0.25) is 0 Å². The van der Waals surface area contributed by atoms with Gasteiger partial charge >= 0.3 is 0 Å². The monoisotopic (exact) mass is 307 g/mol. The SMILES string of the molecule is Cc1c(F)cccc1N=Cc1cc(Br)ccc1O. The molecule has 0 atom stereocenters. The van der Waals surface area contributed by atoms with E-state index in [1.165, 1.54) is 12.3 Å². The summed E-state index contributed by atoms with van der Waals surface area (Å²) in [6.07, 6.45) is 1.52. The van der Waals surface area contributed by atoms with Crippen molar-refractivity contribution in [1.82, 2.24) is 0 Å². The molecule has 0 aliphatic rings. The fraction of sp³-hybridized carbons (Fsp3) is 0.0714. The standard InChI is InChI=1S/C14H11BrFNO/c1-9-12(16)3-2-4-13(9)17-8-10-7-11(15)5-6-14(10)18/h2-8,18H,1H3. The Hall–Kier alpha value is -1.68. The lowest BCUT2D eigenvalue weighted by atomic mass is 10.2. The lowest BCUT2D eigenvalue weighted by Crippen LogP contribution is -1.85. The molecule has 18 heavy (non-hydrogen) atoms. The molecule has 0 radical (unpaired) electrons. The van der Waals surface area contributed by atoms with Gasteiger partial charge in [0.1, 0.15) is 11.6 Å². The molecule has 0 heterocycles. The van der Waals surface area contributed by atoms with Gasteiger partial charge in [-0.05, 0) is 37.3 Å². The van der Waals surface area contributed by atoms with Gasteiger partial charge in [0, 0.05) is 21.8 Å². The molecule has 2 nitrogen and oxygen atoms in total. The van der Waals surface area contributed by atoms with Gasteiger partial charge in [-0.15, -0.1) is 0 Å². The van der Waals surface area contributed by atoms with E-state index < -0.39 is 0 Å². The van der Waals surface area contributed by atoms with Crippen LogP contribution in [0.3, 0.4) is 0 Å². The van der Waals surface area contributed by atoms with Crippen LogP contribution in [0.1, 0.15) is 11.1 Å². The number of hydrogen-bond donors (Lipinski definition) is 1. The van der Waals surface area contributed by atoms with Crippen molar-refractivity contribution in [3.05, 3.63) is 57.8 Å². The predicted octanol–water partition coefficient (Wildman–Crippen LogP) is 4.35. The maximum Gasteiger partial charge on any atom is 0.128 e. The van der Waals surface area contributed by atoms with Crippen LogP contribution >= 0.6 is 15.9 Å². The third-order valence-electron chi connectivity index (χ3n) is 2.57. The zero-order valence-corrected chi connectivity index (χ0v) is 11.3. The number of benzene rings is 2. The van der Waals surface area contributed by atoms with Crippen molar-refractivity contribution < 1.29 is 9.50 Å². The molecule has 0 unspecified atom stereocenters. The van der Waals surface area contributed by atoms with Crippen LogP contribution in [-0.4, -0.2) is 11.3 Å². The van der Waals surface area contributed by atoms with Crippen LogP contribution in [0.5, 0.6) is 5.75 Å². The number of hydrogen-bond acceptors (Lipinski definition) is 2. The van der Waals surface area contributed by atoms with E-state index in [2.05, 4.69) is 20.9 Å². The Labute approximate surface area is 113 Å². The van der Waals surface area contributed by atoms with Crippen LogP contribution in [-0.2, 0) is 0 Å². The van der Waals surface area contributed by atoms with Gasteiger partial charge in [0.05, 0.1) is 5.69 Å². The molecule has 0 amide bonds. The molecule has 0 bridgehead atoms. The molecule has 0 spiro atoms. The molecule has 0 aliphatic carbocycles. The van der Waals surface area contributed by atoms with E-state index in [9.17, 15) is 9.50 Å². The van der Waals surface area contributed by atoms with Crippen molar-refractivity contribution in [3.63, 3.8) is 0 Å². The zero-order chi connectivity index (χ0) is 13.1. The van der Waals surface area contributed by atoms with E-state index in [4.69, 9.17) is 0 Å². The molecule has 4 heteroatoms. The molecule has 0 saturated carbocycles. The smallest absolute Gasteiger partial charge is 0.128 e. The number of aromatic hydroxyl groups is 1. The Morgan fingerprint density at radius 1 is 1.28 bits per heavy atom. The summed E-state index contributed by atoms with van der Waals surface area (Å²) in [4.78, 5) is 4.19. The normalized spacial score (nSPS) is 11.1. The number of halogens is 2. The Morgan fingerprint density at radius 3 is 2.83 bits per heavy atom. The summed E-state index contributed by atoms with van der Waals surface area (Å²) < 4.78 is 14.2. The largest absolute Gasteiger partial charge is 0.507 e. The van der Waals surface area contributed by atoms with Crippen molar-refractivity contribution >= 4 is 27.8 Å². The fourth-order valence-corrected chi connectivity index (χ4v) is 1.88. The summed E-state index contributed by atoms with van der Waals surface area (Å²) in [5.74, 6) is -0.154. The van der Waals surface area contributed by atoms with Crippen molar-refractivity contribution in [2.24, 2.45) is 4.99 Å². The third kappa shape index (κ3) is 2.76. The molecule has 92 valence electrons. The summed E-state index contributed by atoms with van der Waals surface area (Å²) in [5, 5.41) is 9.65. The molecule has 2 aromatic rings. The second kappa shape index (κ2) is 5.31. The maximum absolute atomic E-state index is 13.3. The van der Waals surface area contributed by atoms with E-state index in [1.54, 1.807) is 37.3 Å². The van der Waals surface area contributed by atoms with E-state index in [-0.39, 0.29) is 11.6 Å². The number of phenolic OH excluding ortho intramolecular Hbond substituents is 1. The molecule has 0 fully saturated rings. The Morgan fingerprint density at radius 2 is 2.06 bits per heavy atom. The Balaban J connectivity index is 2.36.